The van der Waals surface area contributed by atoms with Crippen molar-refractivity contribution < 1.29 is 28.0 Å². The van der Waals surface area contributed by atoms with Crippen molar-refractivity contribution in [3.63, 3.8) is 0 Å². The van der Waals surface area contributed by atoms with Crippen molar-refractivity contribution in [2.75, 3.05) is 0 Å². The Morgan fingerprint density at radius 3 is 2.46 bits per heavy atom. The van der Waals surface area contributed by atoms with E-state index in [0.717, 1.165) is 0 Å². The highest BCUT2D eigenvalue weighted by molar-refractivity contribution is 5.94. The summed E-state index contributed by atoms with van der Waals surface area (Å²) in [6.45, 7) is 3.16. The second kappa shape index (κ2) is 8.39. The minimum absolute atomic E-state index is 0.0173. The quantitative estimate of drug-likeness (QED) is 0.496. The summed E-state index contributed by atoms with van der Waals surface area (Å²) in [5.74, 6) is -0.190. The molecular weight excluding hydrogens is 362 g/mol. The lowest BCUT2D eigenvalue weighted by Crippen LogP contribution is -2.35. The molecule has 0 aliphatic carbocycles. The van der Waals surface area contributed by atoms with Crippen LogP contribution in [0.5, 0.6) is 0 Å². The van der Waals surface area contributed by atoms with Gasteiger partial charge in [0.05, 0.1) is 12.8 Å². The summed E-state index contributed by atoms with van der Waals surface area (Å²) in [6.07, 6.45) is 0.512. The van der Waals surface area contributed by atoms with Crippen LogP contribution in [0.3, 0.4) is 0 Å². The van der Waals surface area contributed by atoms with Crippen molar-refractivity contribution in [1.82, 2.24) is 5.32 Å². The number of hydrogen-bond donors (Lipinski definition) is 1. The van der Waals surface area contributed by atoms with Gasteiger partial charge in [-0.1, -0.05) is 24.3 Å². The average Bonchev–Trinajstić information content (AvgIpc) is 3.38. The largest absolute Gasteiger partial charge is 0.467 e. The van der Waals surface area contributed by atoms with Crippen LogP contribution in [-0.4, -0.2) is 23.8 Å². The van der Waals surface area contributed by atoms with Crippen molar-refractivity contribution in [3.8, 4) is 11.3 Å². The molecule has 0 saturated heterocycles. The normalized spacial score (nSPS) is 11.6. The van der Waals surface area contributed by atoms with Gasteiger partial charge in [-0.25, -0.2) is 4.79 Å². The van der Waals surface area contributed by atoms with E-state index in [1.807, 2.05) is 0 Å². The molecule has 28 heavy (non-hydrogen) atoms. The van der Waals surface area contributed by atoms with E-state index in [2.05, 4.69) is 5.32 Å². The fourth-order valence-electron chi connectivity index (χ4n) is 2.48. The summed E-state index contributed by atoms with van der Waals surface area (Å²) < 4.78 is 15.8. The highest BCUT2D eigenvalue weighted by Crippen LogP contribution is 2.23. The first-order valence-electron chi connectivity index (χ1n) is 8.66. The molecule has 0 aliphatic heterocycles. The molecule has 3 rings (SSSR count). The third kappa shape index (κ3) is 4.56. The van der Waals surface area contributed by atoms with Gasteiger partial charge in [-0.15, -0.1) is 0 Å². The van der Waals surface area contributed by atoms with Gasteiger partial charge in [-0.2, -0.15) is 0 Å². The lowest BCUT2D eigenvalue weighted by Gasteiger charge is -2.12. The molecule has 0 spiro atoms. The molecule has 0 unspecified atom stereocenters. The molecule has 0 aliphatic rings. The minimum atomic E-state index is -0.995. The van der Waals surface area contributed by atoms with Gasteiger partial charge < -0.3 is 18.9 Å². The van der Waals surface area contributed by atoms with Crippen LogP contribution in [0.15, 0.2) is 63.6 Å². The number of ether oxygens (including phenoxy) is 1. The molecule has 1 aromatic carbocycles. The van der Waals surface area contributed by atoms with E-state index in [0.29, 0.717) is 22.6 Å². The molecule has 2 aromatic heterocycles. The minimum Gasteiger partial charge on any atom is -0.467 e. The van der Waals surface area contributed by atoms with E-state index >= 15 is 0 Å². The second-order valence-electron chi connectivity index (χ2n) is 6.14. The third-order valence-corrected chi connectivity index (χ3v) is 4.05. The molecule has 1 amide bonds. The van der Waals surface area contributed by atoms with Crippen LogP contribution in [0.2, 0.25) is 0 Å². The molecule has 2 heterocycles. The summed E-state index contributed by atoms with van der Waals surface area (Å²) in [4.78, 5) is 35.6. The Bertz CT molecular complexity index is 969. The maximum atomic E-state index is 12.2. The number of rotatable bonds is 7. The molecule has 3 aromatic rings. The Balaban J connectivity index is 1.58. The zero-order chi connectivity index (χ0) is 20.1. The topological polar surface area (TPSA) is 98.8 Å². The second-order valence-corrected chi connectivity index (χ2v) is 6.14. The molecule has 0 fully saturated rings. The van der Waals surface area contributed by atoms with Crippen molar-refractivity contribution in [1.29, 1.82) is 0 Å². The monoisotopic (exact) mass is 381 g/mol. The predicted molar refractivity (Wildman–Crippen MR) is 99.6 cm³/mol. The maximum Gasteiger partial charge on any atom is 0.375 e. The summed E-state index contributed by atoms with van der Waals surface area (Å²) in [5.41, 5.74) is 1.30. The first-order valence-corrected chi connectivity index (χ1v) is 8.66. The highest BCUT2D eigenvalue weighted by atomic mass is 16.6. The average molecular weight is 381 g/mol. The third-order valence-electron chi connectivity index (χ3n) is 4.05. The number of ketones is 1. The van der Waals surface area contributed by atoms with Gasteiger partial charge >= 0.3 is 5.97 Å². The SMILES string of the molecule is CC(=O)c1ccc(-c2ccc(C(=O)O[C@H](C)C(=O)NCc3ccco3)o2)cc1. The van der Waals surface area contributed by atoms with Gasteiger partial charge in [-0.3, -0.25) is 9.59 Å². The number of Topliss-reactive ketones (excluding diaryl/α,β-unsaturated/α-hetero) is 1. The predicted octanol–water partition coefficient (Wildman–Crippen LogP) is 3.60. The van der Waals surface area contributed by atoms with Gasteiger partial charge in [0, 0.05) is 11.1 Å². The molecular formula is C21H19NO6. The molecule has 7 heteroatoms. The van der Waals surface area contributed by atoms with Gasteiger partial charge in [0.15, 0.2) is 11.9 Å². The molecule has 0 bridgehead atoms. The fraction of sp³-hybridized carbons (Fsp3) is 0.190. The Hall–Kier alpha value is -3.61. The van der Waals surface area contributed by atoms with E-state index in [-0.39, 0.29) is 18.1 Å². The van der Waals surface area contributed by atoms with E-state index in [1.165, 1.54) is 26.2 Å². The molecule has 144 valence electrons. The molecule has 1 N–H and O–H groups in total. The van der Waals surface area contributed by atoms with Crippen LogP contribution in [-0.2, 0) is 16.1 Å². The first-order chi connectivity index (χ1) is 13.4. The fourth-order valence-corrected chi connectivity index (χ4v) is 2.48. The van der Waals surface area contributed by atoms with Crippen LogP contribution < -0.4 is 5.32 Å². The molecule has 1 atom stereocenters. The first kappa shape index (κ1) is 19.2. The van der Waals surface area contributed by atoms with E-state index < -0.39 is 18.0 Å². The molecule has 7 nitrogen and oxygen atoms in total. The van der Waals surface area contributed by atoms with Gasteiger partial charge in [0.25, 0.3) is 5.91 Å². The van der Waals surface area contributed by atoms with Gasteiger partial charge in [0.1, 0.15) is 11.5 Å². The van der Waals surface area contributed by atoms with Crippen LogP contribution in [0.25, 0.3) is 11.3 Å². The van der Waals surface area contributed by atoms with E-state index in [1.54, 1.807) is 42.5 Å². The molecule has 0 saturated carbocycles. The Kier molecular flexibility index (Phi) is 5.74. The van der Waals surface area contributed by atoms with Gasteiger partial charge in [0.2, 0.25) is 5.76 Å². The lowest BCUT2D eigenvalue weighted by atomic mass is 10.1. The van der Waals surface area contributed by atoms with Crippen molar-refractivity contribution >= 4 is 17.7 Å². The zero-order valence-electron chi connectivity index (χ0n) is 15.4. The summed E-state index contributed by atoms with van der Waals surface area (Å²) in [6, 6.07) is 13.4. The van der Waals surface area contributed by atoms with Crippen LogP contribution in [0, 0.1) is 0 Å². The lowest BCUT2D eigenvalue weighted by molar-refractivity contribution is -0.129. The van der Waals surface area contributed by atoms with Crippen molar-refractivity contribution in [2.45, 2.75) is 26.5 Å². The summed E-state index contributed by atoms with van der Waals surface area (Å²) in [7, 11) is 0. The highest BCUT2D eigenvalue weighted by Gasteiger charge is 2.21. The number of esters is 1. The van der Waals surface area contributed by atoms with Crippen molar-refractivity contribution in [3.05, 3.63) is 71.9 Å². The zero-order valence-corrected chi connectivity index (χ0v) is 15.4. The number of carbonyl (C=O) groups excluding carboxylic acids is 3. The number of nitrogens with one attached hydrogen (secondary N) is 1. The van der Waals surface area contributed by atoms with Gasteiger partial charge in [-0.05, 0) is 38.1 Å². The Morgan fingerprint density at radius 2 is 1.82 bits per heavy atom. The van der Waals surface area contributed by atoms with E-state index in [4.69, 9.17) is 13.6 Å². The van der Waals surface area contributed by atoms with Crippen LogP contribution >= 0.6 is 0 Å². The Labute approximate surface area is 161 Å². The molecule has 0 radical (unpaired) electrons. The Morgan fingerprint density at radius 1 is 1.07 bits per heavy atom. The number of hydrogen-bond acceptors (Lipinski definition) is 6. The van der Waals surface area contributed by atoms with Crippen LogP contribution in [0.4, 0.5) is 0 Å². The number of amides is 1. The maximum absolute atomic E-state index is 12.2. The number of carbonyl (C=O) groups is 3. The van der Waals surface area contributed by atoms with Crippen molar-refractivity contribution in [2.24, 2.45) is 0 Å². The summed E-state index contributed by atoms with van der Waals surface area (Å²) >= 11 is 0. The number of furan rings is 2. The smallest absolute Gasteiger partial charge is 0.375 e. The summed E-state index contributed by atoms with van der Waals surface area (Å²) in [5, 5.41) is 2.62. The van der Waals surface area contributed by atoms with Crippen LogP contribution in [0.1, 0.15) is 40.5 Å². The number of benzene rings is 1. The van der Waals surface area contributed by atoms with E-state index in [9.17, 15) is 14.4 Å². The standard InChI is InChI=1S/C21H19NO6/c1-13(23)15-5-7-16(8-6-15)18-9-10-19(28-18)21(25)27-14(2)20(24)22-12-17-4-3-11-26-17/h3-11,14H,12H2,1-2H3,(H,22,24)/t14-/m1/s1.